The average molecular weight is 180 g/mol. The van der Waals surface area contributed by atoms with Crippen LogP contribution in [0.15, 0.2) is 60.1 Å². The summed E-state index contributed by atoms with van der Waals surface area (Å²) >= 11 is 1.40. The summed E-state index contributed by atoms with van der Waals surface area (Å²) in [4.78, 5) is 1.61. The molecule has 0 fully saturated rings. The highest BCUT2D eigenvalue weighted by Gasteiger charge is 1.91. The molecule has 0 aromatic carbocycles. The molecule has 0 rings (SSSR count). The summed E-state index contributed by atoms with van der Waals surface area (Å²) in [6.45, 7) is 14.3. The predicted molar refractivity (Wildman–Crippen MR) is 57.0 cm³/mol. The molecule has 2 heteroatoms. The van der Waals surface area contributed by atoms with Crippen molar-refractivity contribution in [3.63, 3.8) is 0 Å². The number of hydrogen-bond acceptors (Lipinski definition) is 2. The third-order valence-corrected chi connectivity index (χ3v) is 1.78. The molecule has 0 unspecified atom stereocenters. The fourth-order valence-electron chi connectivity index (χ4n) is 0.433. The number of aliphatic hydroxyl groups is 1. The molecule has 12 heavy (non-hydrogen) atoms. The van der Waals surface area contributed by atoms with E-state index < -0.39 is 0 Å². The zero-order valence-corrected chi connectivity index (χ0v) is 7.73. The number of aliphatic hydroxyl groups excluding tert-OH is 1. The normalized spacial score (nSPS) is 9.67. The van der Waals surface area contributed by atoms with Gasteiger partial charge < -0.3 is 5.11 Å². The van der Waals surface area contributed by atoms with E-state index in [-0.39, 0.29) is 5.76 Å². The first-order valence-electron chi connectivity index (χ1n) is 3.30. The first-order chi connectivity index (χ1) is 5.56. The third kappa shape index (κ3) is 5.62. The summed E-state index contributed by atoms with van der Waals surface area (Å²) in [5.74, 6) is 0.0148. The van der Waals surface area contributed by atoms with E-state index in [0.29, 0.717) is 0 Å². The molecule has 0 aromatic rings. The van der Waals surface area contributed by atoms with Gasteiger partial charge in [0.1, 0.15) is 5.76 Å². The Morgan fingerprint density at radius 2 is 1.67 bits per heavy atom. The van der Waals surface area contributed by atoms with E-state index in [0.717, 1.165) is 9.81 Å². The zero-order valence-electron chi connectivity index (χ0n) is 6.92. The Kier molecular flexibility index (Phi) is 4.97. The number of thioether (sulfide) groups is 1. The molecule has 0 amide bonds. The van der Waals surface area contributed by atoms with Crippen molar-refractivity contribution in [1.82, 2.24) is 0 Å². The smallest absolute Gasteiger partial charge is 0.108 e. The van der Waals surface area contributed by atoms with E-state index in [4.69, 9.17) is 5.11 Å². The maximum atomic E-state index is 8.72. The highest BCUT2D eigenvalue weighted by molar-refractivity contribution is 8.07. The third-order valence-electron chi connectivity index (χ3n) is 0.951. The van der Waals surface area contributed by atoms with Crippen LogP contribution in [0, 0.1) is 0 Å². The zero-order chi connectivity index (χ0) is 9.56. The molecule has 0 saturated carbocycles. The van der Waals surface area contributed by atoms with Gasteiger partial charge in [0.05, 0.1) is 0 Å². The van der Waals surface area contributed by atoms with Crippen LogP contribution in [0.3, 0.4) is 0 Å². The van der Waals surface area contributed by atoms with E-state index in [1.54, 1.807) is 12.2 Å². The van der Waals surface area contributed by atoms with Crippen molar-refractivity contribution < 1.29 is 5.11 Å². The van der Waals surface area contributed by atoms with E-state index in [2.05, 4.69) is 26.3 Å². The SMILES string of the molecule is C=CC(=C)SC(=C)/C=C\C(=C)O. The Morgan fingerprint density at radius 1 is 1.08 bits per heavy atom. The molecule has 0 aromatic heterocycles. The second-order valence-electron chi connectivity index (χ2n) is 2.06. The maximum Gasteiger partial charge on any atom is 0.108 e. The van der Waals surface area contributed by atoms with Crippen molar-refractivity contribution in [1.29, 1.82) is 0 Å². The second kappa shape index (κ2) is 5.49. The molecule has 0 saturated heterocycles. The summed E-state index contributed by atoms with van der Waals surface area (Å²) in [6, 6.07) is 0. The van der Waals surface area contributed by atoms with Crippen LogP contribution in [0.1, 0.15) is 0 Å². The lowest BCUT2D eigenvalue weighted by atomic mass is 10.4. The van der Waals surface area contributed by atoms with Gasteiger partial charge in [0.2, 0.25) is 0 Å². The largest absolute Gasteiger partial charge is 0.509 e. The van der Waals surface area contributed by atoms with Crippen LogP contribution < -0.4 is 0 Å². The summed E-state index contributed by atoms with van der Waals surface area (Å²) in [5.41, 5.74) is 0. The fourth-order valence-corrected chi connectivity index (χ4v) is 0.989. The molecule has 1 N–H and O–H groups in total. The first kappa shape index (κ1) is 10.8. The standard InChI is InChI=1S/C10H12OS/c1-5-9(3)12-10(4)7-6-8(2)11/h5-7,11H,1-4H2/b7-6-. The second-order valence-corrected chi connectivity index (χ2v) is 3.32. The Bertz CT molecular complexity index is 249. The van der Waals surface area contributed by atoms with Gasteiger partial charge in [-0.2, -0.15) is 0 Å². The van der Waals surface area contributed by atoms with Crippen LogP contribution >= 0.6 is 11.8 Å². The number of rotatable bonds is 5. The lowest BCUT2D eigenvalue weighted by molar-refractivity contribution is 0.435. The molecule has 1 nitrogen and oxygen atoms in total. The summed E-state index contributed by atoms with van der Waals surface area (Å²) in [5, 5.41) is 8.72. The molecule has 0 aliphatic heterocycles. The highest BCUT2D eigenvalue weighted by atomic mass is 32.2. The van der Waals surface area contributed by atoms with Crippen LogP contribution in [-0.4, -0.2) is 5.11 Å². The van der Waals surface area contributed by atoms with Crippen molar-refractivity contribution in [3.05, 3.63) is 60.1 Å². The predicted octanol–water partition coefficient (Wildman–Crippen LogP) is 3.56. The molecule has 0 aliphatic rings. The Balaban J connectivity index is 3.98. The van der Waals surface area contributed by atoms with Gasteiger partial charge in [0, 0.05) is 9.81 Å². The van der Waals surface area contributed by atoms with Gasteiger partial charge in [0.25, 0.3) is 0 Å². The lowest BCUT2D eigenvalue weighted by Gasteiger charge is -1.97. The quantitative estimate of drug-likeness (QED) is 0.515. The van der Waals surface area contributed by atoms with E-state index in [1.807, 2.05) is 0 Å². The van der Waals surface area contributed by atoms with Crippen LogP contribution in [0.4, 0.5) is 0 Å². The van der Waals surface area contributed by atoms with Crippen molar-refractivity contribution >= 4 is 11.8 Å². The summed E-state index contributed by atoms with van der Waals surface area (Å²) in [6.07, 6.45) is 4.80. The first-order valence-corrected chi connectivity index (χ1v) is 4.12. The molecule has 0 atom stereocenters. The van der Waals surface area contributed by atoms with Crippen molar-refractivity contribution in [3.8, 4) is 0 Å². The topological polar surface area (TPSA) is 20.2 Å². The minimum Gasteiger partial charge on any atom is -0.509 e. The Labute approximate surface area is 77.5 Å². The van der Waals surface area contributed by atoms with Gasteiger partial charge in [-0.3, -0.25) is 0 Å². The van der Waals surface area contributed by atoms with Gasteiger partial charge in [-0.05, 0) is 12.2 Å². The van der Waals surface area contributed by atoms with Gasteiger partial charge >= 0.3 is 0 Å². The Morgan fingerprint density at radius 3 is 2.08 bits per heavy atom. The van der Waals surface area contributed by atoms with Crippen molar-refractivity contribution in [2.75, 3.05) is 0 Å². The van der Waals surface area contributed by atoms with Crippen molar-refractivity contribution in [2.24, 2.45) is 0 Å². The van der Waals surface area contributed by atoms with E-state index in [1.165, 1.54) is 17.8 Å². The van der Waals surface area contributed by atoms with Gasteiger partial charge in [-0.25, -0.2) is 0 Å². The molecular weight excluding hydrogens is 168 g/mol. The number of hydrogen-bond donors (Lipinski definition) is 1. The maximum absolute atomic E-state index is 8.72. The van der Waals surface area contributed by atoms with Gasteiger partial charge in [-0.1, -0.05) is 44.2 Å². The van der Waals surface area contributed by atoms with Crippen LogP contribution in [0.5, 0.6) is 0 Å². The fraction of sp³-hybridized carbons (Fsp3) is 0. The molecule has 0 spiro atoms. The highest BCUT2D eigenvalue weighted by Crippen LogP contribution is 2.23. The van der Waals surface area contributed by atoms with Crippen molar-refractivity contribution in [2.45, 2.75) is 0 Å². The molecule has 0 heterocycles. The Hall–Kier alpha value is -1.15. The van der Waals surface area contributed by atoms with Crippen LogP contribution in [0.2, 0.25) is 0 Å². The minimum absolute atomic E-state index is 0.0148. The molecular formula is C10H12OS. The molecule has 0 aliphatic carbocycles. The average Bonchev–Trinajstić information content (AvgIpc) is 2.00. The summed E-state index contributed by atoms with van der Waals surface area (Å²) < 4.78 is 0. The molecule has 64 valence electrons. The molecule has 0 radical (unpaired) electrons. The van der Waals surface area contributed by atoms with E-state index in [9.17, 15) is 0 Å². The summed E-state index contributed by atoms with van der Waals surface area (Å²) in [7, 11) is 0. The van der Waals surface area contributed by atoms with Gasteiger partial charge in [-0.15, -0.1) is 0 Å². The van der Waals surface area contributed by atoms with Crippen LogP contribution in [0.25, 0.3) is 0 Å². The monoisotopic (exact) mass is 180 g/mol. The lowest BCUT2D eigenvalue weighted by Crippen LogP contribution is -1.71. The minimum atomic E-state index is 0.0148. The van der Waals surface area contributed by atoms with E-state index >= 15 is 0 Å². The number of allylic oxidation sites excluding steroid dienone is 3. The van der Waals surface area contributed by atoms with Gasteiger partial charge in [0.15, 0.2) is 0 Å². The van der Waals surface area contributed by atoms with Crippen LogP contribution in [-0.2, 0) is 0 Å². The molecule has 0 bridgehead atoms.